The topological polar surface area (TPSA) is 89.8 Å². The largest absolute Gasteiger partial charge is 0.467 e. The van der Waals surface area contributed by atoms with Crippen LogP contribution in [0.1, 0.15) is 56.1 Å². The molecule has 174 valence electrons. The Balaban J connectivity index is 2.18. The van der Waals surface area contributed by atoms with Gasteiger partial charge in [0.1, 0.15) is 6.04 Å². The molecule has 2 amide bonds. The van der Waals surface area contributed by atoms with E-state index in [0.29, 0.717) is 28.0 Å². The van der Waals surface area contributed by atoms with Gasteiger partial charge in [-0.15, -0.1) is 0 Å². The molecule has 0 saturated carbocycles. The van der Waals surface area contributed by atoms with E-state index < -0.39 is 23.3 Å². The Morgan fingerprint density at radius 2 is 1.79 bits per heavy atom. The molecule has 0 aliphatic carbocycles. The maximum Gasteiger partial charge on any atom is 0.328 e. The van der Waals surface area contributed by atoms with Gasteiger partial charge in [0, 0.05) is 16.7 Å². The molecule has 0 spiro atoms. The summed E-state index contributed by atoms with van der Waals surface area (Å²) in [5.41, 5.74) is 2.25. The lowest BCUT2D eigenvalue weighted by Gasteiger charge is -2.18. The van der Waals surface area contributed by atoms with Crippen molar-refractivity contribution in [3.8, 4) is 0 Å². The highest BCUT2D eigenvalue weighted by atomic mass is 32.1. The summed E-state index contributed by atoms with van der Waals surface area (Å²) in [4.78, 5) is 42.7. The lowest BCUT2D eigenvalue weighted by molar-refractivity contribution is -0.144. The van der Waals surface area contributed by atoms with E-state index in [0.717, 1.165) is 10.3 Å². The Hall–Kier alpha value is -3.26. The number of rotatable bonds is 5. The van der Waals surface area contributed by atoms with Crippen LogP contribution in [0.4, 0.5) is 5.69 Å². The number of benzene rings is 2. The first kappa shape index (κ1) is 24.4. The van der Waals surface area contributed by atoms with Crippen LogP contribution in [0.3, 0.4) is 0 Å². The van der Waals surface area contributed by atoms with Crippen molar-refractivity contribution in [2.45, 2.75) is 47.1 Å². The average Bonchev–Trinajstić information content (AvgIpc) is 3.11. The summed E-state index contributed by atoms with van der Waals surface area (Å²) in [5, 5.41) is 2.92. The third-order valence-electron chi connectivity index (χ3n) is 5.23. The van der Waals surface area contributed by atoms with E-state index in [1.165, 1.54) is 18.4 Å². The van der Waals surface area contributed by atoms with Crippen LogP contribution in [0.15, 0.2) is 47.5 Å². The summed E-state index contributed by atoms with van der Waals surface area (Å²) in [7, 11) is 1.34. The Morgan fingerprint density at radius 3 is 2.36 bits per heavy atom. The molecule has 3 aromatic rings. The van der Waals surface area contributed by atoms with Gasteiger partial charge in [-0.25, -0.2) is 4.79 Å². The molecular formula is C25H29N3O4S. The van der Waals surface area contributed by atoms with Gasteiger partial charge in [0.2, 0.25) is 5.91 Å². The van der Waals surface area contributed by atoms with Crippen molar-refractivity contribution in [1.82, 2.24) is 4.57 Å². The third-order valence-corrected chi connectivity index (χ3v) is 6.27. The molecule has 1 N–H and O–H groups in total. The lowest BCUT2D eigenvalue weighted by Crippen LogP contribution is -2.29. The van der Waals surface area contributed by atoms with Gasteiger partial charge in [0.15, 0.2) is 4.80 Å². The number of ether oxygens (including phenoxy) is 1. The van der Waals surface area contributed by atoms with Gasteiger partial charge in [-0.3, -0.25) is 9.59 Å². The quantitative estimate of drug-likeness (QED) is 0.543. The van der Waals surface area contributed by atoms with E-state index in [9.17, 15) is 14.4 Å². The number of hydrogen-bond donors (Lipinski definition) is 1. The van der Waals surface area contributed by atoms with E-state index in [2.05, 4.69) is 10.3 Å². The summed E-state index contributed by atoms with van der Waals surface area (Å²) in [5.74, 6) is -0.940. The predicted molar refractivity (Wildman–Crippen MR) is 130 cm³/mol. The molecule has 1 aromatic heterocycles. The summed E-state index contributed by atoms with van der Waals surface area (Å²) in [6.07, 6.45) is 0.447. The molecule has 0 radical (unpaired) electrons. The van der Waals surface area contributed by atoms with Crippen LogP contribution in [-0.2, 0) is 14.3 Å². The molecule has 8 heteroatoms. The number of aromatic nitrogens is 1. The Kier molecular flexibility index (Phi) is 7.17. The first-order valence-electron chi connectivity index (χ1n) is 10.7. The number of carbonyl (C=O) groups excluding carboxylic acids is 3. The predicted octanol–water partition coefficient (Wildman–Crippen LogP) is 4.86. The molecule has 0 aliphatic rings. The smallest absolute Gasteiger partial charge is 0.328 e. The van der Waals surface area contributed by atoms with Crippen LogP contribution in [0, 0.1) is 12.3 Å². The van der Waals surface area contributed by atoms with Crippen molar-refractivity contribution in [3.63, 3.8) is 0 Å². The number of carbonyl (C=O) groups is 3. The highest BCUT2D eigenvalue weighted by molar-refractivity contribution is 7.16. The Bertz CT molecular complexity index is 1260. The SMILES string of the molecule is CCC(C(=O)OC)n1c(=NC(=O)c2ccc(C)cc2)sc2ccc(NC(=O)C(C)(C)C)cc21. The fraction of sp³-hybridized carbons (Fsp3) is 0.360. The van der Waals surface area contributed by atoms with Gasteiger partial charge in [0.05, 0.1) is 17.3 Å². The molecule has 1 heterocycles. The lowest BCUT2D eigenvalue weighted by atomic mass is 9.95. The molecular weight excluding hydrogens is 438 g/mol. The minimum Gasteiger partial charge on any atom is -0.467 e. The van der Waals surface area contributed by atoms with Gasteiger partial charge in [-0.1, -0.05) is 56.7 Å². The number of thiazole rings is 1. The standard InChI is InChI=1S/C25H29N3O4S/c1-7-18(22(30)32-6)28-19-14-17(26-23(31)25(3,4)5)12-13-20(19)33-24(28)27-21(29)16-10-8-15(2)9-11-16/h8-14,18H,7H2,1-6H3,(H,26,31). The molecule has 0 saturated heterocycles. The molecule has 1 unspecified atom stereocenters. The molecule has 0 aliphatic heterocycles. The number of fused-ring (bicyclic) bond motifs is 1. The van der Waals surface area contributed by atoms with Crippen LogP contribution in [0.2, 0.25) is 0 Å². The normalized spacial score (nSPS) is 13.1. The van der Waals surface area contributed by atoms with Gasteiger partial charge in [0.25, 0.3) is 5.91 Å². The van der Waals surface area contributed by atoms with Crippen LogP contribution in [0.5, 0.6) is 0 Å². The monoisotopic (exact) mass is 467 g/mol. The van der Waals surface area contributed by atoms with Crippen LogP contribution < -0.4 is 10.1 Å². The van der Waals surface area contributed by atoms with E-state index in [1.54, 1.807) is 28.8 Å². The number of nitrogens with zero attached hydrogens (tertiary/aromatic N) is 2. The summed E-state index contributed by atoms with van der Waals surface area (Å²) < 4.78 is 7.58. The fourth-order valence-corrected chi connectivity index (χ4v) is 4.30. The molecule has 3 rings (SSSR count). The van der Waals surface area contributed by atoms with E-state index in [1.807, 2.05) is 52.8 Å². The van der Waals surface area contributed by atoms with Crippen molar-refractivity contribution in [3.05, 3.63) is 58.4 Å². The second-order valence-electron chi connectivity index (χ2n) is 8.87. The fourth-order valence-electron chi connectivity index (χ4n) is 3.25. The van der Waals surface area contributed by atoms with E-state index in [4.69, 9.17) is 4.74 Å². The first-order chi connectivity index (χ1) is 15.5. The minimum absolute atomic E-state index is 0.122. The zero-order valence-electron chi connectivity index (χ0n) is 19.8. The van der Waals surface area contributed by atoms with Gasteiger partial charge >= 0.3 is 5.97 Å². The average molecular weight is 468 g/mol. The minimum atomic E-state index is -0.665. The molecule has 0 bridgehead atoms. The molecule has 33 heavy (non-hydrogen) atoms. The van der Waals surface area contributed by atoms with Gasteiger partial charge in [-0.05, 0) is 43.7 Å². The molecule has 2 aromatic carbocycles. The Morgan fingerprint density at radius 1 is 1.12 bits per heavy atom. The number of amides is 2. The van der Waals surface area contributed by atoms with E-state index >= 15 is 0 Å². The van der Waals surface area contributed by atoms with Crippen LogP contribution in [0.25, 0.3) is 10.2 Å². The maximum atomic E-state index is 12.9. The summed E-state index contributed by atoms with van der Waals surface area (Å²) in [6, 6.07) is 12.0. The molecule has 7 nitrogen and oxygen atoms in total. The van der Waals surface area contributed by atoms with Crippen molar-refractivity contribution >= 4 is 45.0 Å². The summed E-state index contributed by atoms with van der Waals surface area (Å²) >= 11 is 1.31. The van der Waals surface area contributed by atoms with Crippen molar-refractivity contribution in [1.29, 1.82) is 0 Å². The van der Waals surface area contributed by atoms with E-state index in [-0.39, 0.29) is 5.91 Å². The van der Waals surface area contributed by atoms with Gasteiger partial charge < -0.3 is 14.6 Å². The summed E-state index contributed by atoms with van der Waals surface area (Å²) in [6.45, 7) is 9.33. The number of nitrogens with one attached hydrogen (secondary N) is 1. The highest BCUT2D eigenvalue weighted by Crippen LogP contribution is 2.27. The number of esters is 1. The first-order valence-corrected chi connectivity index (χ1v) is 11.6. The molecule has 1 atom stereocenters. The zero-order valence-corrected chi connectivity index (χ0v) is 20.6. The maximum absolute atomic E-state index is 12.9. The van der Waals surface area contributed by atoms with Crippen molar-refractivity contribution in [2.24, 2.45) is 10.4 Å². The second kappa shape index (κ2) is 9.70. The number of methoxy groups -OCH3 is 1. The highest BCUT2D eigenvalue weighted by Gasteiger charge is 2.25. The van der Waals surface area contributed by atoms with Crippen molar-refractivity contribution in [2.75, 3.05) is 12.4 Å². The second-order valence-corrected chi connectivity index (χ2v) is 9.88. The van der Waals surface area contributed by atoms with Crippen LogP contribution in [-0.4, -0.2) is 29.5 Å². The Labute approximate surface area is 197 Å². The van der Waals surface area contributed by atoms with Crippen LogP contribution >= 0.6 is 11.3 Å². The van der Waals surface area contributed by atoms with Crippen molar-refractivity contribution < 1.29 is 19.1 Å². The number of aryl methyl sites for hydroxylation is 1. The number of anilines is 1. The number of hydrogen-bond acceptors (Lipinski definition) is 5. The molecule has 0 fully saturated rings. The third kappa shape index (κ3) is 5.39. The zero-order chi connectivity index (χ0) is 24.3. The van der Waals surface area contributed by atoms with Gasteiger partial charge in [-0.2, -0.15) is 4.99 Å².